The van der Waals surface area contributed by atoms with Gasteiger partial charge in [-0.2, -0.15) is 0 Å². The van der Waals surface area contributed by atoms with Crippen molar-refractivity contribution in [1.29, 1.82) is 0 Å². The van der Waals surface area contributed by atoms with Crippen molar-refractivity contribution in [1.82, 2.24) is 15.5 Å². The minimum Gasteiger partial charge on any atom is -0.459 e. The molecule has 3 rings (SSSR count). The van der Waals surface area contributed by atoms with E-state index in [1.165, 1.54) is 13.2 Å². The summed E-state index contributed by atoms with van der Waals surface area (Å²) in [4.78, 5) is 38.1. The molecular formula is C21H25N3O4. The molecule has 1 atom stereocenters. The minimum atomic E-state index is -0.362. The number of nitrogens with one attached hydrogen (secondary N) is 2. The van der Waals surface area contributed by atoms with Gasteiger partial charge in [0, 0.05) is 26.1 Å². The molecule has 1 aromatic carbocycles. The zero-order valence-electron chi connectivity index (χ0n) is 15.9. The Hall–Kier alpha value is -3.09. The van der Waals surface area contributed by atoms with Crippen molar-refractivity contribution in [2.24, 2.45) is 0 Å². The summed E-state index contributed by atoms with van der Waals surface area (Å²) in [5.41, 5.74) is 0.895. The Kier molecular flexibility index (Phi) is 6.47. The molecule has 1 unspecified atom stereocenters. The molecule has 0 bridgehead atoms. The first-order chi connectivity index (χ1) is 13.5. The summed E-state index contributed by atoms with van der Waals surface area (Å²) in [6.45, 7) is 2.58. The number of amides is 3. The van der Waals surface area contributed by atoms with E-state index in [1.807, 2.05) is 30.3 Å². The molecule has 7 nitrogen and oxygen atoms in total. The highest BCUT2D eigenvalue weighted by Gasteiger charge is 2.26. The van der Waals surface area contributed by atoms with Crippen LogP contribution in [0, 0.1) is 0 Å². The van der Waals surface area contributed by atoms with Crippen molar-refractivity contribution in [3.05, 3.63) is 60.1 Å². The number of benzene rings is 1. The number of likely N-dealkylation sites (tertiary alicyclic amines) is 1. The minimum absolute atomic E-state index is 0.0157. The Morgan fingerprint density at radius 1 is 1.11 bits per heavy atom. The van der Waals surface area contributed by atoms with E-state index in [-0.39, 0.29) is 36.2 Å². The normalized spacial score (nSPS) is 15.7. The molecule has 0 saturated carbocycles. The first-order valence-corrected chi connectivity index (χ1v) is 9.47. The van der Waals surface area contributed by atoms with Gasteiger partial charge in [-0.3, -0.25) is 14.4 Å². The fraction of sp³-hybridized carbons (Fsp3) is 0.381. The van der Waals surface area contributed by atoms with E-state index in [2.05, 4.69) is 10.6 Å². The number of nitrogens with zero attached hydrogens (tertiary/aromatic N) is 1. The maximum absolute atomic E-state index is 12.5. The van der Waals surface area contributed by atoms with Gasteiger partial charge in [-0.1, -0.05) is 30.3 Å². The van der Waals surface area contributed by atoms with Crippen LogP contribution in [0.15, 0.2) is 53.1 Å². The van der Waals surface area contributed by atoms with Crippen LogP contribution in [0.1, 0.15) is 48.3 Å². The zero-order chi connectivity index (χ0) is 19.9. The molecule has 148 valence electrons. The number of carbonyl (C=O) groups is 3. The van der Waals surface area contributed by atoms with Gasteiger partial charge in [0.2, 0.25) is 11.8 Å². The third kappa shape index (κ3) is 5.22. The topological polar surface area (TPSA) is 91.7 Å². The van der Waals surface area contributed by atoms with Gasteiger partial charge in [-0.15, -0.1) is 0 Å². The van der Waals surface area contributed by atoms with Crippen LogP contribution in [-0.4, -0.2) is 41.8 Å². The van der Waals surface area contributed by atoms with E-state index in [9.17, 15) is 14.4 Å². The summed E-state index contributed by atoms with van der Waals surface area (Å²) in [5.74, 6) is -0.0714. The maximum atomic E-state index is 12.5. The molecule has 0 aliphatic carbocycles. The monoisotopic (exact) mass is 383 g/mol. The number of rotatable bonds is 6. The second kappa shape index (κ2) is 9.21. The third-order valence-electron chi connectivity index (χ3n) is 4.85. The summed E-state index contributed by atoms with van der Waals surface area (Å²) in [7, 11) is 0. The van der Waals surface area contributed by atoms with Gasteiger partial charge in [0.25, 0.3) is 5.91 Å². The van der Waals surface area contributed by atoms with Gasteiger partial charge < -0.3 is 20.0 Å². The van der Waals surface area contributed by atoms with E-state index in [4.69, 9.17) is 4.42 Å². The highest BCUT2D eigenvalue weighted by atomic mass is 16.3. The van der Waals surface area contributed by atoms with Crippen LogP contribution in [0.5, 0.6) is 0 Å². The molecule has 7 heteroatoms. The van der Waals surface area contributed by atoms with Crippen LogP contribution in [0.25, 0.3) is 0 Å². The Labute approximate surface area is 164 Å². The summed E-state index contributed by atoms with van der Waals surface area (Å²) in [6, 6.07) is 12.5. The van der Waals surface area contributed by atoms with Gasteiger partial charge in [-0.25, -0.2) is 0 Å². The second-order valence-electron chi connectivity index (χ2n) is 6.98. The van der Waals surface area contributed by atoms with Crippen molar-refractivity contribution >= 4 is 17.7 Å². The molecular weight excluding hydrogens is 358 g/mol. The first kappa shape index (κ1) is 19.7. The van der Waals surface area contributed by atoms with Gasteiger partial charge >= 0.3 is 0 Å². The summed E-state index contributed by atoms with van der Waals surface area (Å²) in [6.07, 6.45) is 3.04. The van der Waals surface area contributed by atoms with Gasteiger partial charge in [0.05, 0.1) is 18.7 Å². The summed E-state index contributed by atoms with van der Waals surface area (Å²) >= 11 is 0. The molecule has 2 aromatic rings. The van der Waals surface area contributed by atoms with Crippen LogP contribution in [0.3, 0.4) is 0 Å². The number of furan rings is 1. The average Bonchev–Trinajstić information content (AvgIpc) is 3.22. The molecule has 3 amide bonds. The van der Waals surface area contributed by atoms with Crippen molar-refractivity contribution < 1.29 is 18.8 Å². The molecule has 0 spiro atoms. The van der Waals surface area contributed by atoms with E-state index in [1.54, 1.807) is 17.0 Å². The van der Waals surface area contributed by atoms with Gasteiger partial charge in [0.1, 0.15) is 0 Å². The van der Waals surface area contributed by atoms with Crippen LogP contribution in [0.2, 0.25) is 0 Å². The van der Waals surface area contributed by atoms with Gasteiger partial charge in [0.15, 0.2) is 5.76 Å². The summed E-state index contributed by atoms with van der Waals surface area (Å²) < 4.78 is 5.16. The smallest absolute Gasteiger partial charge is 0.289 e. The third-order valence-corrected chi connectivity index (χ3v) is 4.85. The lowest BCUT2D eigenvalue weighted by Crippen LogP contribution is -2.47. The van der Waals surface area contributed by atoms with Gasteiger partial charge in [-0.05, 0) is 30.5 Å². The van der Waals surface area contributed by atoms with Crippen molar-refractivity contribution in [2.45, 2.75) is 38.3 Å². The SMILES string of the molecule is CC(=O)NC(CC(=O)NC1CCN(C(=O)c2ccco2)CC1)c1ccccc1. The first-order valence-electron chi connectivity index (χ1n) is 9.47. The molecule has 0 radical (unpaired) electrons. The lowest BCUT2D eigenvalue weighted by Gasteiger charge is -2.32. The van der Waals surface area contributed by atoms with Crippen molar-refractivity contribution in [3.63, 3.8) is 0 Å². The van der Waals surface area contributed by atoms with Crippen LogP contribution >= 0.6 is 0 Å². The molecule has 1 fully saturated rings. The average molecular weight is 383 g/mol. The van der Waals surface area contributed by atoms with E-state index < -0.39 is 0 Å². The van der Waals surface area contributed by atoms with Crippen LogP contribution < -0.4 is 10.6 Å². The fourth-order valence-corrected chi connectivity index (χ4v) is 3.44. The number of carbonyl (C=O) groups excluding carboxylic acids is 3. The van der Waals surface area contributed by atoms with Crippen molar-refractivity contribution in [3.8, 4) is 0 Å². The number of piperidine rings is 1. The Morgan fingerprint density at radius 2 is 1.82 bits per heavy atom. The quantitative estimate of drug-likeness (QED) is 0.800. The van der Waals surface area contributed by atoms with E-state index >= 15 is 0 Å². The molecule has 2 heterocycles. The molecule has 1 aliphatic heterocycles. The molecule has 1 saturated heterocycles. The Balaban J connectivity index is 1.50. The zero-order valence-corrected chi connectivity index (χ0v) is 15.9. The molecule has 1 aliphatic rings. The predicted molar refractivity (Wildman–Crippen MR) is 103 cm³/mol. The van der Waals surface area contributed by atoms with Crippen LogP contribution in [0.4, 0.5) is 0 Å². The largest absolute Gasteiger partial charge is 0.459 e. The van der Waals surface area contributed by atoms with Crippen molar-refractivity contribution in [2.75, 3.05) is 13.1 Å². The lowest BCUT2D eigenvalue weighted by molar-refractivity contribution is -0.123. The number of hydrogen-bond acceptors (Lipinski definition) is 4. The van der Waals surface area contributed by atoms with E-state index in [0.29, 0.717) is 31.7 Å². The Bertz CT molecular complexity index is 796. The second-order valence-corrected chi connectivity index (χ2v) is 6.98. The predicted octanol–water partition coefficient (Wildman–Crippen LogP) is 2.27. The standard InChI is InChI=1S/C21H25N3O4/c1-15(25)22-18(16-6-3-2-4-7-16)14-20(26)23-17-9-11-24(12-10-17)21(27)19-8-5-13-28-19/h2-8,13,17-18H,9-12,14H2,1H3,(H,22,25)(H,23,26). The fourth-order valence-electron chi connectivity index (χ4n) is 3.44. The number of hydrogen-bond donors (Lipinski definition) is 2. The van der Waals surface area contributed by atoms with Crippen LogP contribution in [-0.2, 0) is 9.59 Å². The maximum Gasteiger partial charge on any atom is 0.289 e. The molecule has 2 N–H and O–H groups in total. The summed E-state index contributed by atoms with van der Waals surface area (Å²) in [5, 5.41) is 5.87. The highest BCUT2D eigenvalue weighted by Crippen LogP contribution is 2.18. The highest BCUT2D eigenvalue weighted by molar-refractivity contribution is 5.91. The Morgan fingerprint density at radius 3 is 2.43 bits per heavy atom. The molecule has 28 heavy (non-hydrogen) atoms. The van der Waals surface area contributed by atoms with E-state index in [0.717, 1.165) is 5.56 Å². The molecule has 1 aromatic heterocycles. The lowest BCUT2D eigenvalue weighted by atomic mass is 10.0.